The molecule has 0 spiro atoms. The molecule has 2 nitrogen and oxygen atoms in total. The molecular formula is C31H43Ar6O2P3. The van der Waals surface area contributed by atoms with E-state index in [0.717, 1.165) is 0 Å². The first kappa shape index (κ1) is 62.8. The maximum absolute atomic E-state index is 7.68. The molecule has 0 saturated heterocycles. The van der Waals surface area contributed by atoms with Gasteiger partial charge < -0.3 is 9.79 Å². The summed E-state index contributed by atoms with van der Waals surface area (Å²) in [5.74, 6) is 0. The van der Waals surface area contributed by atoms with Crippen LogP contribution in [-0.4, -0.2) is 56.4 Å². The molecule has 0 aliphatic heterocycles. The van der Waals surface area contributed by atoms with E-state index in [4.69, 9.17) is 9.79 Å². The van der Waals surface area contributed by atoms with Crippen molar-refractivity contribution in [2.45, 2.75) is 0 Å². The van der Waals surface area contributed by atoms with E-state index in [1.165, 1.54) is 28.9 Å². The summed E-state index contributed by atoms with van der Waals surface area (Å²) in [6, 6.07) is 41.6. The Bertz CT molecular complexity index is 832. The second-order valence-electron chi connectivity index (χ2n) is 8.64. The van der Waals surface area contributed by atoms with Crippen molar-refractivity contribution >= 4 is 24.2 Å². The summed E-state index contributed by atoms with van der Waals surface area (Å²) in [7, 11) is -0.861. The zero-order chi connectivity index (χ0) is 27.2. The van der Waals surface area contributed by atoms with E-state index in [9.17, 15) is 0 Å². The van der Waals surface area contributed by atoms with Crippen LogP contribution in [0.3, 0.4) is 0 Å². The Labute approximate surface area is 440 Å². The summed E-state index contributed by atoms with van der Waals surface area (Å²) in [5.41, 5.74) is 5.10. The van der Waals surface area contributed by atoms with Gasteiger partial charge in [0.1, 0.15) is 0 Å². The topological polar surface area (TPSA) is 40.5 Å². The van der Waals surface area contributed by atoms with Gasteiger partial charge in [-0.25, -0.2) is 0 Å². The molecule has 0 aromatic heterocycles. The molecule has 242 valence electrons. The third-order valence-corrected chi connectivity index (χ3v) is 3.76. The average Bonchev–Trinajstić information content (AvgIpc) is 2.86. The molecule has 0 radical (unpaired) electrons. The second-order valence-corrected chi connectivity index (χ2v) is 15.0. The van der Waals surface area contributed by atoms with Gasteiger partial charge in [0, 0.05) is 233 Å². The Morgan fingerprint density at radius 2 is 0.405 bits per heavy atom. The quantitative estimate of drug-likeness (QED) is 0.199. The Kier molecular flexibility index (Phi) is 66.7. The summed E-state index contributed by atoms with van der Waals surface area (Å²) in [4.78, 5) is 15.4. The van der Waals surface area contributed by atoms with Crippen molar-refractivity contribution < 1.29 is 236 Å². The molecule has 0 aliphatic carbocycles. The fourth-order valence-corrected chi connectivity index (χ4v) is 2.52. The summed E-state index contributed by atoms with van der Waals surface area (Å²) < 4.78 is 0. The van der Waals surface area contributed by atoms with Crippen LogP contribution in [0.5, 0.6) is 0 Å². The molecule has 0 saturated carbocycles. The second kappa shape index (κ2) is 44.7. The molecule has 0 unspecified atom stereocenters. The molecule has 11 heteroatoms. The van der Waals surface area contributed by atoms with Gasteiger partial charge in [-0.05, 0) is 62.2 Å². The Morgan fingerprint density at radius 3 is 0.500 bits per heavy atom. The standard InChI is InChI=1S/2C12H10.2C3H9P.CH5O2P.6Ar/c2*1-3-7-11(8-4-1)12-9-5-2-6-10-12;3*1-4(2)3;;;;;;/h2*1-10H;2*1-3H3;2-3H,1H3;;;;;;. The molecule has 42 heavy (non-hydrogen) atoms. The van der Waals surface area contributed by atoms with Crippen molar-refractivity contribution in [3.63, 3.8) is 0 Å². The summed E-state index contributed by atoms with van der Waals surface area (Å²) in [6.07, 6.45) is 0. The molecular weight excluding hydrogens is 737 g/mol. The number of benzene rings is 4. The largest absolute Gasteiger partial charge is 0.350 e. The normalized spacial score (nSPS) is 8.10. The smallest absolute Gasteiger partial charge is 0.161 e. The van der Waals surface area contributed by atoms with E-state index >= 15 is 0 Å². The van der Waals surface area contributed by atoms with Gasteiger partial charge in [-0.15, -0.1) is 15.8 Å². The molecule has 0 amide bonds. The van der Waals surface area contributed by atoms with Gasteiger partial charge in [-0.1, -0.05) is 121 Å². The Balaban J connectivity index is -0.0000000772. The van der Waals surface area contributed by atoms with E-state index in [1.54, 1.807) is 0 Å². The van der Waals surface area contributed by atoms with Crippen molar-refractivity contribution in [2.75, 3.05) is 46.7 Å². The SMILES string of the molecule is CP(C)C.CP(C)C.CP(O)O.[Ar].[Ar].[Ar].[Ar].[Ar].[Ar].c1ccc(-c2ccccc2)cc1.c1ccc(-c2ccccc2)cc1. The molecule has 0 bridgehead atoms. The maximum atomic E-state index is 7.68. The van der Waals surface area contributed by atoms with Crippen molar-refractivity contribution in [3.8, 4) is 22.3 Å². The van der Waals surface area contributed by atoms with Crippen molar-refractivity contribution in [1.29, 1.82) is 0 Å². The Hall–Kier alpha value is 5.65. The van der Waals surface area contributed by atoms with Gasteiger partial charge in [0.2, 0.25) is 0 Å². The number of hydrogen-bond donors (Lipinski definition) is 2. The first-order valence-electron chi connectivity index (χ1n) is 11.7. The minimum absolute atomic E-state index is 0. The van der Waals surface area contributed by atoms with Crippen LogP contribution in [0.15, 0.2) is 121 Å². The van der Waals surface area contributed by atoms with Gasteiger partial charge in [0.15, 0.2) is 8.38 Å². The number of hydrogen-bond acceptors (Lipinski definition) is 2. The van der Waals surface area contributed by atoms with Gasteiger partial charge in [0.05, 0.1) is 0 Å². The molecule has 4 aromatic carbocycles. The molecule has 0 atom stereocenters. The third kappa shape index (κ3) is 43.7. The summed E-state index contributed by atoms with van der Waals surface area (Å²) in [6.45, 7) is 14.7. The number of rotatable bonds is 2. The molecule has 0 fully saturated rings. The summed E-state index contributed by atoms with van der Waals surface area (Å²) >= 11 is 0. The van der Waals surface area contributed by atoms with Crippen LogP contribution in [-0.2, 0) is 0 Å². The third-order valence-electron chi connectivity index (χ3n) is 3.76. The molecule has 0 aliphatic rings. The minimum Gasteiger partial charge on any atom is -0.350 e. The van der Waals surface area contributed by atoms with E-state index in [1.807, 2.05) is 24.3 Å². The maximum Gasteiger partial charge on any atom is 0.161 e. The van der Waals surface area contributed by atoms with E-state index in [2.05, 4.69) is 137 Å². The first-order valence-corrected chi connectivity index (χ1v) is 18.7. The van der Waals surface area contributed by atoms with Crippen LogP contribution in [0.4, 0.5) is 0 Å². The van der Waals surface area contributed by atoms with Gasteiger partial charge >= 0.3 is 0 Å². The van der Waals surface area contributed by atoms with Crippen LogP contribution >= 0.6 is 24.2 Å². The average molecular weight is 780 g/mol. The minimum atomic E-state index is -1.62. The molecule has 4 rings (SSSR count). The van der Waals surface area contributed by atoms with E-state index in [-0.39, 0.29) is 226 Å². The molecule has 2 N–H and O–H groups in total. The summed E-state index contributed by atoms with van der Waals surface area (Å²) in [5, 5.41) is 0. The van der Waals surface area contributed by atoms with Crippen LogP contribution in [0, 0.1) is 226 Å². The fourth-order valence-electron chi connectivity index (χ4n) is 2.52. The van der Waals surface area contributed by atoms with Crippen LogP contribution in [0.1, 0.15) is 0 Å². The van der Waals surface area contributed by atoms with Gasteiger partial charge in [-0.2, -0.15) is 0 Å². The van der Waals surface area contributed by atoms with Gasteiger partial charge in [-0.3, -0.25) is 0 Å². The zero-order valence-electron chi connectivity index (χ0n) is 24.9. The Morgan fingerprint density at radius 1 is 0.310 bits per heavy atom. The predicted octanol–water partition coefficient (Wildman–Crippen LogP) is 9.34. The van der Waals surface area contributed by atoms with Gasteiger partial charge in [0.25, 0.3) is 0 Å². The zero-order valence-corrected chi connectivity index (χ0v) is 31.8. The van der Waals surface area contributed by atoms with Crippen molar-refractivity contribution in [3.05, 3.63) is 121 Å². The van der Waals surface area contributed by atoms with E-state index < -0.39 is 8.38 Å². The molecule has 0 heterocycles. The van der Waals surface area contributed by atoms with Crippen molar-refractivity contribution in [2.24, 2.45) is 0 Å². The predicted molar refractivity (Wildman–Crippen MR) is 170 cm³/mol. The van der Waals surface area contributed by atoms with Crippen LogP contribution in [0.2, 0.25) is 0 Å². The van der Waals surface area contributed by atoms with Crippen LogP contribution < -0.4 is 0 Å². The fraction of sp³-hybridized carbons (Fsp3) is 0.226. The van der Waals surface area contributed by atoms with Crippen molar-refractivity contribution in [1.82, 2.24) is 0 Å². The van der Waals surface area contributed by atoms with E-state index in [0.29, 0.717) is 15.8 Å². The van der Waals surface area contributed by atoms with Crippen LogP contribution in [0.25, 0.3) is 22.3 Å². The first-order chi connectivity index (χ1) is 17.1. The molecule has 4 aromatic rings. The monoisotopic (exact) mass is 780 g/mol.